The molecule has 0 radical (unpaired) electrons. The Hall–Kier alpha value is -2.93. The minimum absolute atomic E-state index is 0.200. The van der Waals surface area contributed by atoms with Crippen LogP contribution >= 0.6 is 23.2 Å². The molecule has 0 aliphatic carbocycles. The molecule has 0 aliphatic rings. The summed E-state index contributed by atoms with van der Waals surface area (Å²) in [7, 11) is 1.25. The smallest absolute Gasteiger partial charge is 0.315 e. The van der Waals surface area contributed by atoms with E-state index in [-0.39, 0.29) is 26.9 Å². The lowest BCUT2D eigenvalue weighted by atomic mass is 9.82. The lowest BCUT2D eigenvalue weighted by Gasteiger charge is -2.33. The molecule has 1 atom stereocenters. The van der Waals surface area contributed by atoms with Crippen molar-refractivity contribution in [3.63, 3.8) is 0 Å². The fourth-order valence-electron chi connectivity index (χ4n) is 2.73. The molecule has 0 saturated heterocycles. The Morgan fingerprint density at radius 2 is 1.68 bits per heavy atom. The van der Waals surface area contributed by atoms with Gasteiger partial charge in [-0.1, -0.05) is 53.5 Å². The Balaban J connectivity index is 2.74. The molecule has 0 aliphatic heterocycles. The molecule has 28 heavy (non-hydrogen) atoms. The van der Waals surface area contributed by atoms with Crippen LogP contribution in [0.3, 0.4) is 0 Å². The Labute approximate surface area is 172 Å². The molecule has 0 amide bonds. The normalized spacial score (nSPS) is 11.8. The highest BCUT2D eigenvalue weighted by Gasteiger charge is 2.42. The van der Waals surface area contributed by atoms with Crippen molar-refractivity contribution >= 4 is 29.2 Å². The first-order valence-corrected chi connectivity index (χ1v) is 8.80. The van der Waals surface area contributed by atoms with E-state index < -0.39 is 23.2 Å². The largest absolute Gasteiger partial charge is 0.505 e. The number of rotatable bonds is 5. The van der Waals surface area contributed by atoms with Gasteiger partial charge in [0.15, 0.2) is 11.5 Å². The number of carbonyl (C=O) groups excluding carboxylic acids is 1. The van der Waals surface area contributed by atoms with E-state index >= 15 is 0 Å². The molecule has 1 N–H and O–H groups in total. The van der Waals surface area contributed by atoms with Crippen molar-refractivity contribution in [1.82, 2.24) is 0 Å². The lowest BCUT2D eigenvalue weighted by molar-refractivity contribution is -0.156. The minimum Gasteiger partial charge on any atom is -0.505 e. The predicted molar refractivity (Wildman–Crippen MR) is 103 cm³/mol. The Morgan fingerprint density at radius 3 is 2.18 bits per heavy atom. The van der Waals surface area contributed by atoms with Crippen molar-refractivity contribution in [3.8, 4) is 23.6 Å². The first-order valence-electron chi connectivity index (χ1n) is 8.04. The van der Waals surface area contributed by atoms with E-state index in [0.717, 1.165) is 0 Å². The van der Waals surface area contributed by atoms with Crippen molar-refractivity contribution in [2.75, 3.05) is 7.11 Å². The number of benzene rings is 2. The number of methoxy groups -OCH3 is 1. The van der Waals surface area contributed by atoms with Crippen molar-refractivity contribution in [2.24, 2.45) is 5.41 Å². The summed E-state index contributed by atoms with van der Waals surface area (Å²) < 4.78 is 10.9. The number of hydrogen-bond acceptors (Lipinski definition) is 6. The Kier molecular flexibility index (Phi) is 6.41. The second-order valence-corrected chi connectivity index (χ2v) is 7.16. The molecule has 0 aromatic heterocycles. The number of hydrogen-bond donors (Lipinski definition) is 1. The zero-order valence-corrected chi connectivity index (χ0v) is 16.8. The van der Waals surface area contributed by atoms with Gasteiger partial charge in [-0.15, -0.1) is 0 Å². The second kappa shape index (κ2) is 8.39. The summed E-state index contributed by atoms with van der Waals surface area (Å²) in [6, 6.07) is 12.3. The second-order valence-electron chi connectivity index (χ2n) is 6.40. The van der Waals surface area contributed by atoms with Crippen LogP contribution in [0.15, 0.2) is 30.3 Å². The molecule has 0 heterocycles. The molecule has 0 saturated carbocycles. The summed E-state index contributed by atoms with van der Waals surface area (Å²) in [4.78, 5) is 12.4. The number of halogens is 2. The van der Waals surface area contributed by atoms with Gasteiger partial charge in [-0.05, 0) is 19.4 Å². The van der Waals surface area contributed by atoms with Crippen molar-refractivity contribution in [3.05, 3.63) is 57.1 Å². The van der Waals surface area contributed by atoms with Crippen molar-refractivity contribution in [2.45, 2.75) is 20.0 Å². The lowest BCUT2D eigenvalue weighted by Crippen LogP contribution is -2.36. The molecule has 0 bridgehead atoms. The Morgan fingerprint density at radius 1 is 1.11 bits per heavy atom. The van der Waals surface area contributed by atoms with Crippen LogP contribution in [-0.2, 0) is 9.53 Å². The van der Waals surface area contributed by atoms with E-state index in [2.05, 4.69) is 0 Å². The number of phenols is 1. The number of esters is 1. The fourth-order valence-corrected chi connectivity index (χ4v) is 3.14. The summed E-state index contributed by atoms with van der Waals surface area (Å²) >= 11 is 12.2. The van der Waals surface area contributed by atoms with E-state index in [1.807, 2.05) is 6.07 Å². The van der Waals surface area contributed by atoms with Gasteiger partial charge in [0, 0.05) is 0 Å². The molecular weight excluding hydrogens is 403 g/mol. The van der Waals surface area contributed by atoms with Gasteiger partial charge in [-0.2, -0.15) is 10.5 Å². The third-order valence-electron chi connectivity index (χ3n) is 4.24. The van der Waals surface area contributed by atoms with Gasteiger partial charge < -0.3 is 14.6 Å². The third-order valence-corrected chi connectivity index (χ3v) is 5.07. The van der Waals surface area contributed by atoms with Crippen LogP contribution in [0.25, 0.3) is 0 Å². The number of ether oxygens (including phenoxy) is 2. The Bertz CT molecular complexity index is 992. The molecule has 6 nitrogen and oxygen atoms in total. The van der Waals surface area contributed by atoms with E-state index in [9.17, 15) is 20.4 Å². The molecule has 2 aromatic carbocycles. The van der Waals surface area contributed by atoms with Gasteiger partial charge >= 0.3 is 5.97 Å². The summed E-state index contributed by atoms with van der Waals surface area (Å²) in [5.41, 5.74) is -1.23. The quantitative estimate of drug-likeness (QED) is 0.701. The van der Waals surface area contributed by atoms with Crippen LogP contribution in [0.4, 0.5) is 0 Å². The van der Waals surface area contributed by atoms with Gasteiger partial charge in [0.05, 0.1) is 7.11 Å². The number of nitriles is 2. The van der Waals surface area contributed by atoms with Crippen molar-refractivity contribution < 1.29 is 19.4 Å². The van der Waals surface area contributed by atoms with Crippen LogP contribution in [0.2, 0.25) is 10.0 Å². The summed E-state index contributed by atoms with van der Waals surface area (Å²) in [5, 5.41) is 28.3. The minimum atomic E-state index is -1.19. The highest BCUT2D eigenvalue weighted by atomic mass is 35.5. The van der Waals surface area contributed by atoms with E-state index in [4.69, 9.17) is 32.7 Å². The highest BCUT2D eigenvalue weighted by molar-refractivity contribution is 6.44. The van der Waals surface area contributed by atoms with E-state index in [0.29, 0.717) is 5.56 Å². The molecular formula is C20H16Cl2N2O4. The number of phenolic OH excluding ortho intramolecular Hbond substituents is 1. The van der Waals surface area contributed by atoms with Gasteiger partial charge in [0.1, 0.15) is 44.8 Å². The van der Waals surface area contributed by atoms with Crippen LogP contribution in [0.1, 0.15) is 36.6 Å². The highest BCUT2D eigenvalue weighted by Crippen LogP contribution is 2.47. The summed E-state index contributed by atoms with van der Waals surface area (Å²) in [5.74, 6) is -1.36. The van der Waals surface area contributed by atoms with Crippen LogP contribution in [0.5, 0.6) is 11.5 Å². The van der Waals surface area contributed by atoms with E-state index in [1.54, 1.807) is 50.2 Å². The zero-order valence-electron chi connectivity index (χ0n) is 15.3. The van der Waals surface area contributed by atoms with Gasteiger partial charge in [-0.25, -0.2) is 0 Å². The topological polar surface area (TPSA) is 103 Å². The molecule has 144 valence electrons. The summed E-state index contributed by atoms with van der Waals surface area (Å²) in [6.07, 6.45) is -0.932. The van der Waals surface area contributed by atoms with Crippen LogP contribution in [-0.4, -0.2) is 18.2 Å². The number of carbonyl (C=O) groups is 1. The van der Waals surface area contributed by atoms with E-state index in [1.165, 1.54) is 7.11 Å². The van der Waals surface area contributed by atoms with Crippen LogP contribution in [0, 0.1) is 28.1 Å². The molecule has 2 rings (SSSR count). The standard InChI is InChI=1S/C20H16Cl2N2O4/c1-20(2,19(26)27-3)18(11-7-5-4-6-8-11)28-17-13(10-24)12(9-23)16(25)14(21)15(17)22/h4-8,18,25H,1-3H3. The maximum atomic E-state index is 12.4. The van der Waals surface area contributed by atoms with Crippen molar-refractivity contribution in [1.29, 1.82) is 10.5 Å². The monoisotopic (exact) mass is 418 g/mol. The molecule has 2 aromatic rings. The average molecular weight is 419 g/mol. The van der Waals surface area contributed by atoms with Gasteiger partial charge in [0.25, 0.3) is 0 Å². The third kappa shape index (κ3) is 3.71. The maximum absolute atomic E-state index is 12.4. The molecule has 8 heteroatoms. The molecule has 0 spiro atoms. The average Bonchev–Trinajstić information content (AvgIpc) is 2.70. The number of nitrogens with zero attached hydrogens (tertiary/aromatic N) is 2. The fraction of sp³-hybridized carbons (Fsp3) is 0.250. The first-order chi connectivity index (χ1) is 13.2. The maximum Gasteiger partial charge on any atom is 0.315 e. The number of aromatic hydroxyl groups is 1. The van der Waals surface area contributed by atoms with Gasteiger partial charge in [-0.3, -0.25) is 4.79 Å². The molecule has 0 fully saturated rings. The van der Waals surface area contributed by atoms with Gasteiger partial charge in [0.2, 0.25) is 0 Å². The SMILES string of the molecule is COC(=O)C(C)(C)C(Oc1c(Cl)c(Cl)c(O)c(C#N)c1C#N)c1ccccc1. The molecule has 1 unspecified atom stereocenters. The van der Waals surface area contributed by atoms with Crippen LogP contribution < -0.4 is 4.74 Å². The zero-order chi connectivity index (χ0) is 21.1. The first kappa shape index (κ1) is 21.4. The predicted octanol–water partition coefficient (Wildman–Crippen LogP) is 4.76. The summed E-state index contributed by atoms with van der Waals surface area (Å²) in [6.45, 7) is 3.23.